The number of carboxylic acids is 1. The molecule has 0 aromatic heterocycles. The first-order chi connectivity index (χ1) is 10.4. The zero-order valence-corrected chi connectivity index (χ0v) is 13.0. The van der Waals surface area contributed by atoms with E-state index < -0.39 is 5.97 Å². The maximum Gasteiger partial charge on any atom is 0.333 e. The van der Waals surface area contributed by atoms with Crippen LogP contribution in [-0.2, 0) is 14.3 Å². The molecule has 0 heterocycles. The molecule has 0 saturated carbocycles. The molecule has 0 aliphatic carbocycles. The Morgan fingerprint density at radius 1 is 1.23 bits per heavy atom. The number of allylic oxidation sites excluding steroid dienone is 1. The van der Waals surface area contributed by atoms with Gasteiger partial charge in [-0.1, -0.05) is 55.6 Å². The molecule has 0 unspecified atom stereocenters. The second kappa shape index (κ2) is 11.1. The molecule has 0 bridgehead atoms. The number of benzene rings is 1. The first-order valence-corrected chi connectivity index (χ1v) is 6.83. The number of rotatable bonds is 6. The number of carbonyl (C=O) groups excluding carboxylic acids is 1. The number of hydrogen-bond donors (Lipinski definition) is 1. The molecule has 4 nitrogen and oxygen atoms in total. The summed E-state index contributed by atoms with van der Waals surface area (Å²) in [5.41, 5.74) is 1.72. The maximum absolute atomic E-state index is 10.4. The van der Waals surface area contributed by atoms with Gasteiger partial charge in [-0.15, -0.1) is 0 Å². The van der Waals surface area contributed by atoms with E-state index in [0.29, 0.717) is 18.6 Å². The van der Waals surface area contributed by atoms with Gasteiger partial charge in [0.15, 0.2) is 0 Å². The van der Waals surface area contributed by atoms with Crippen molar-refractivity contribution in [2.75, 3.05) is 6.61 Å². The normalized spacial score (nSPS) is 9.55. The maximum atomic E-state index is 10.4. The van der Waals surface area contributed by atoms with Gasteiger partial charge in [0.2, 0.25) is 0 Å². The summed E-state index contributed by atoms with van der Waals surface area (Å²) in [6.07, 6.45) is 4.06. The standard InChI is InChI=1S/C12H12O2.C6H10O2/c1-10(12(13)14)6-5-9-11-7-3-2-4-8-11;1-4-8-6(7)5(2)3/h2-5,7-9H,1,6H2,(H,13,14);2,4H2,1,3H3. The third kappa shape index (κ3) is 9.31. The SMILES string of the molecule is C=C(C)C(=O)OCC.C=C(CC=Cc1ccccc1)C(=O)O. The third-order valence-corrected chi connectivity index (χ3v) is 2.40. The molecule has 0 aliphatic heterocycles. The Kier molecular flexibility index (Phi) is 9.76. The lowest BCUT2D eigenvalue weighted by Gasteiger charge is -1.96. The molecule has 0 aliphatic rings. The third-order valence-electron chi connectivity index (χ3n) is 2.40. The minimum atomic E-state index is -0.942. The van der Waals surface area contributed by atoms with Crippen LogP contribution in [0.2, 0.25) is 0 Å². The molecule has 4 heteroatoms. The van der Waals surface area contributed by atoms with Crippen molar-refractivity contribution in [2.45, 2.75) is 20.3 Å². The molecule has 0 radical (unpaired) electrons. The minimum absolute atomic E-state index is 0.206. The van der Waals surface area contributed by atoms with Crippen molar-refractivity contribution in [3.63, 3.8) is 0 Å². The lowest BCUT2D eigenvalue weighted by Crippen LogP contribution is -2.03. The van der Waals surface area contributed by atoms with Crippen molar-refractivity contribution in [2.24, 2.45) is 0 Å². The number of carboxylic acid groups (broad SMARTS) is 1. The highest BCUT2D eigenvalue weighted by Gasteiger charge is 1.99. The van der Waals surface area contributed by atoms with Gasteiger partial charge >= 0.3 is 11.9 Å². The Morgan fingerprint density at radius 2 is 1.82 bits per heavy atom. The number of ether oxygens (including phenoxy) is 1. The molecule has 0 fully saturated rings. The fourth-order valence-electron chi connectivity index (χ4n) is 1.24. The van der Waals surface area contributed by atoms with Crippen molar-refractivity contribution < 1.29 is 19.4 Å². The predicted octanol–water partition coefficient (Wildman–Crippen LogP) is 3.86. The molecule has 1 aromatic carbocycles. The topological polar surface area (TPSA) is 63.6 Å². The van der Waals surface area contributed by atoms with Crippen LogP contribution in [0.15, 0.2) is 60.7 Å². The summed E-state index contributed by atoms with van der Waals surface area (Å²) in [4.78, 5) is 20.8. The van der Waals surface area contributed by atoms with Crippen LogP contribution in [0.4, 0.5) is 0 Å². The lowest BCUT2D eigenvalue weighted by atomic mass is 10.1. The van der Waals surface area contributed by atoms with Crippen molar-refractivity contribution in [3.8, 4) is 0 Å². The quantitative estimate of drug-likeness (QED) is 0.640. The fraction of sp³-hybridized carbons (Fsp3) is 0.222. The summed E-state index contributed by atoms with van der Waals surface area (Å²) < 4.78 is 4.56. The predicted molar refractivity (Wildman–Crippen MR) is 88.3 cm³/mol. The van der Waals surface area contributed by atoms with Crippen LogP contribution in [-0.4, -0.2) is 23.7 Å². The van der Waals surface area contributed by atoms with Gasteiger partial charge in [-0.25, -0.2) is 9.59 Å². The van der Waals surface area contributed by atoms with E-state index in [4.69, 9.17) is 5.11 Å². The Labute approximate surface area is 131 Å². The molecule has 1 N–H and O–H groups in total. The van der Waals surface area contributed by atoms with Crippen molar-refractivity contribution in [1.29, 1.82) is 0 Å². The number of aliphatic carboxylic acids is 1. The van der Waals surface area contributed by atoms with Crippen LogP contribution in [0.1, 0.15) is 25.8 Å². The number of carbonyl (C=O) groups is 2. The lowest BCUT2D eigenvalue weighted by molar-refractivity contribution is -0.138. The summed E-state index contributed by atoms with van der Waals surface area (Å²) in [6.45, 7) is 10.6. The van der Waals surface area contributed by atoms with Crippen LogP contribution in [0.3, 0.4) is 0 Å². The van der Waals surface area contributed by atoms with Crippen molar-refractivity contribution >= 4 is 18.0 Å². The van der Waals surface area contributed by atoms with E-state index in [-0.39, 0.29) is 11.5 Å². The molecule has 118 valence electrons. The van der Waals surface area contributed by atoms with E-state index in [9.17, 15) is 9.59 Å². The second-order valence-corrected chi connectivity index (χ2v) is 4.43. The van der Waals surface area contributed by atoms with E-state index in [1.807, 2.05) is 36.4 Å². The summed E-state index contributed by atoms with van der Waals surface area (Å²) >= 11 is 0. The highest BCUT2D eigenvalue weighted by atomic mass is 16.5. The van der Waals surface area contributed by atoms with Gasteiger partial charge in [-0.3, -0.25) is 0 Å². The van der Waals surface area contributed by atoms with Gasteiger partial charge in [-0.2, -0.15) is 0 Å². The Balaban J connectivity index is 0.000000472. The molecular formula is C18H22O4. The summed E-state index contributed by atoms with van der Waals surface area (Å²) in [7, 11) is 0. The minimum Gasteiger partial charge on any atom is -0.478 e. The van der Waals surface area contributed by atoms with E-state index in [1.165, 1.54) is 0 Å². The van der Waals surface area contributed by atoms with Crippen LogP contribution in [0, 0.1) is 0 Å². The highest BCUT2D eigenvalue weighted by molar-refractivity contribution is 5.87. The Hall–Kier alpha value is -2.62. The van der Waals surface area contributed by atoms with Crippen LogP contribution < -0.4 is 0 Å². The monoisotopic (exact) mass is 302 g/mol. The molecule has 0 spiro atoms. The molecule has 1 aromatic rings. The average molecular weight is 302 g/mol. The van der Waals surface area contributed by atoms with E-state index in [0.717, 1.165) is 5.56 Å². The Morgan fingerprint density at radius 3 is 2.23 bits per heavy atom. The van der Waals surface area contributed by atoms with Crippen LogP contribution in [0.5, 0.6) is 0 Å². The Bertz CT molecular complexity index is 541. The first kappa shape index (κ1) is 19.4. The summed E-state index contributed by atoms with van der Waals surface area (Å²) in [6, 6.07) is 9.73. The van der Waals surface area contributed by atoms with E-state index in [1.54, 1.807) is 19.9 Å². The molecule has 0 amide bonds. The van der Waals surface area contributed by atoms with E-state index >= 15 is 0 Å². The second-order valence-electron chi connectivity index (χ2n) is 4.43. The average Bonchev–Trinajstić information content (AvgIpc) is 2.49. The van der Waals surface area contributed by atoms with Gasteiger partial charge in [0.1, 0.15) is 0 Å². The summed E-state index contributed by atoms with van der Waals surface area (Å²) in [5, 5.41) is 8.55. The molecule has 0 saturated heterocycles. The summed E-state index contributed by atoms with van der Waals surface area (Å²) in [5.74, 6) is -1.25. The smallest absolute Gasteiger partial charge is 0.333 e. The van der Waals surface area contributed by atoms with Crippen molar-refractivity contribution in [3.05, 3.63) is 66.3 Å². The first-order valence-electron chi connectivity index (χ1n) is 6.83. The highest BCUT2D eigenvalue weighted by Crippen LogP contribution is 2.05. The number of hydrogen-bond acceptors (Lipinski definition) is 3. The van der Waals surface area contributed by atoms with Gasteiger partial charge in [-0.05, 0) is 25.8 Å². The molecule has 1 rings (SSSR count). The van der Waals surface area contributed by atoms with Crippen LogP contribution >= 0.6 is 0 Å². The van der Waals surface area contributed by atoms with Crippen molar-refractivity contribution in [1.82, 2.24) is 0 Å². The molecule has 22 heavy (non-hydrogen) atoms. The number of esters is 1. The largest absolute Gasteiger partial charge is 0.478 e. The molecular weight excluding hydrogens is 280 g/mol. The fourth-order valence-corrected chi connectivity index (χ4v) is 1.24. The van der Waals surface area contributed by atoms with Gasteiger partial charge < -0.3 is 9.84 Å². The zero-order valence-electron chi connectivity index (χ0n) is 13.0. The van der Waals surface area contributed by atoms with Gasteiger partial charge in [0.05, 0.1) is 6.61 Å². The van der Waals surface area contributed by atoms with Gasteiger partial charge in [0.25, 0.3) is 0 Å². The zero-order chi connectivity index (χ0) is 17.0. The van der Waals surface area contributed by atoms with Crippen LogP contribution in [0.25, 0.3) is 6.08 Å². The molecule has 0 atom stereocenters. The van der Waals surface area contributed by atoms with E-state index in [2.05, 4.69) is 17.9 Å². The van der Waals surface area contributed by atoms with Gasteiger partial charge in [0, 0.05) is 11.1 Å².